The molecule has 0 bridgehead atoms. The van der Waals surface area contributed by atoms with Crippen LogP contribution in [0.5, 0.6) is 5.75 Å². The number of rotatable bonds is 10. The molecule has 3 aromatic rings. The minimum atomic E-state index is -1.96. The highest BCUT2D eigenvalue weighted by Gasteiger charge is 2.47. The predicted molar refractivity (Wildman–Crippen MR) is 374 cm³/mol. The van der Waals surface area contributed by atoms with Gasteiger partial charge in [0.15, 0.2) is 11.3 Å². The molecule has 0 spiro atoms. The average molecular weight is 1430 g/mol. The topological polar surface area (TPSA) is 386 Å². The van der Waals surface area contributed by atoms with Gasteiger partial charge in [0, 0.05) is 52.4 Å². The van der Waals surface area contributed by atoms with Gasteiger partial charge in [-0.3, -0.25) is 52.7 Å². The molecule has 5 aliphatic heterocycles. The number of benzene rings is 4. The number of nitrogens with zero attached hydrogens (tertiary/aromatic N) is 7. The number of carbonyl (C=O) groups is 13. The van der Waals surface area contributed by atoms with Crippen molar-refractivity contribution in [3.8, 4) is 17.2 Å². The third-order valence-electron chi connectivity index (χ3n) is 19.8. The molecule has 10 atom stereocenters. The lowest BCUT2D eigenvalue weighted by Gasteiger charge is -2.36. The number of hydrogen-bond acceptors (Lipinski definition) is 20. The molecule has 4 saturated heterocycles. The van der Waals surface area contributed by atoms with Crippen molar-refractivity contribution in [2.45, 2.75) is 169 Å². The zero-order valence-corrected chi connectivity index (χ0v) is 60.9. The average Bonchev–Trinajstić information content (AvgIpc) is 1.12. The first-order valence-corrected chi connectivity index (χ1v) is 34.6. The van der Waals surface area contributed by atoms with Gasteiger partial charge in [0.2, 0.25) is 52.7 Å². The molecule has 10 amide bonds. The highest BCUT2D eigenvalue weighted by molar-refractivity contribution is 6.11. The number of anilines is 1. The van der Waals surface area contributed by atoms with Crippen LogP contribution in [0.3, 0.4) is 0 Å². The highest BCUT2D eigenvalue weighted by atomic mass is 16.6. The monoisotopic (exact) mass is 1420 g/mol. The summed E-state index contributed by atoms with van der Waals surface area (Å²) in [4.78, 5) is 217. The van der Waals surface area contributed by atoms with Gasteiger partial charge >= 0.3 is 17.9 Å². The molecular weight excluding hydrogens is 1330 g/mol. The molecule has 9 rings (SSSR count). The van der Waals surface area contributed by atoms with E-state index >= 15 is 19.2 Å². The van der Waals surface area contributed by atoms with E-state index in [9.17, 15) is 47.9 Å². The number of cyclic esters (lactones) is 2. The van der Waals surface area contributed by atoms with Crippen LogP contribution in [-0.2, 0) is 57.4 Å². The minimum absolute atomic E-state index is 0.00705. The maximum Gasteiger partial charge on any atom is 0.343 e. The molecule has 552 valence electrons. The fraction of sp³-hybridized carbons (Fsp3) is 0.521. The normalized spacial score (nSPS) is 24.3. The lowest BCUT2D eigenvalue weighted by molar-refractivity contribution is -0.163. The van der Waals surface area contributed by atoms with Crippen molar-refractivity contribution in [2.24, 2.45) is 23.7 Å². The van der Waals surface area contributed by atoms with E-state index in [2.05, 4.69) is 21.3 Å². The maximum atomic E-state index is 15.8. The Hall–Kier alpha value is -10.5. The molecule has 6 aliphatic rings. The number of aromatic nitrogens is 1. The van der Waals surface area contributed by atoms with Crippen molar-refractivity contribution < 1.29 is 81.0 Å². The molecule has 103 heavy (non-hydrogen) atoms. The van der Waals surface area contributed by atoms with Crippen LogP contribution < -0.4 is 37.2 Å². The Morgan fingerprint density at radius 2 is 1.07 bits per heavy atom. The predicted octanol–water partition coefficient (Wildman–Crippen LogP) is 3.10. The van der Waals surface area contributed by atoms with Crippen LogP contribution in [0.2, 0.25) is 0 Å². The van der Waals surface area contributed by atoms with E-state index in [-0.39, 0.29) is 54.0 Å². The summed E-state index contributed by atoms with van der Waals surface area (Å²) in [6, 6.07) is 1.82. The lowest BCUT2D eigenvalue weighted by Crippen LogP contribution is -2.61. The van der Waals surface area contributed by atoms with Crippen molar-refractivity contribution in [2.75, 3.05) is 60.1 Å². The number of nitrogen functional groups attached to an aromatic ring is 1. The maximum absolute atomic E-state index is 15.8. The lowest BCUT2D eigenvalue weighted by atomic mass is 9.98. The van der Waals surface area contributed by atoms with Gasteiger partial charge < -0.3 is 75.0 Å². The number of hydrogen-bond donors (Lipinski definition) is 5. The van der Waals surface area contributed by atoms with Crippen LogP contribution >= 0.6 is 0 Å². The number of carbonyl (C=O) groups excluding carboxylic acids is 13. The first-order chi connectivity index (χ1) is 48.4. The summed E-state index contributed by atoms with van der Waals surface area (Å²) < 4.78 is 24.7. The largest absolute Gasteiger partial charge is 0.458 e. The Morgan fingerprint density at radius 3 is 1.53 bits per heavy atom. The fourth-order valence-corrected chi connectivity index (χ4v) is 13.9. The minimum Gasteiger partial charge on any atom is -0.458 e. The van der Waals surface area contributed by atoms with Crippen molar-refractivity contribution in [1.82, 2.24) is 55.7 Å². The van der Waals surface area contributed by atoms with Gasteiger partial charge in [-0.1, -0.05) is 85.7 Å². The van der Waals surface area contributed by atoms with E-state index in [1.54, 1.807) is 79.7 Å². The molecule has 1 aliphatic carbocycles. The Labute approximate surface area is 595 Å². The molecular formula is C73H92N12O18. The molecule has 0 saturated carbocycles. The Kier molecular flexibility index (Phi) is 23.0. The smallest absolute Gasteiger partial charge is 0.343 e. The summed E-state index contributed by atoms with van der Waals surface area (Å²) >= 11 is 0. The van der Waals surface area contributed by atoms with Crippen molar-refractivity contribution in [1.29, 1.82) is 0 Å². The third-order valence-corrected chi connectivity index (χ3v) is 19.8. The number of nitrogens with one attached hydrogen (secondary N) is 4. The summed E-state index contributed by atoms with van der Waals surface area (Å²) in [5.74, 6) is -14.7. The third kappa shape index (κ3) is 15.5. The number of ether oxygens (including phenoxy) is 3. The van der Waals surface area contributed by atoms with Crippen LogP contribution in [0.25, 0.3) is 33.3 Å². The summed E-state index contributed by atoms with van der Waals surface area (Å²) in [6.07, 6.45) is -1.98. The standard InChI is InChI=1S/C73H92N12O18/c1-33(2)52-69(95)84-27-19-23-45(84)67(93)80(13)31-48(86)82(15)58(35(5)6)72(98)100-39(11)54(65(91)76-52)78-63(89)44-30-47(102-71(97)43-26-25-41-21-17-18-22-42(41)29-43)37(9)61-56(44)75-57-50(51(74)60(88)38(10)62(57)103-61)64(90)79-55-40(12)101-73(99)59(36(7)8)83(16)49(87)32-81(14)68(94)46-24-20-28-85(46)70(96)53(34(3)4)77-66(55)92/h17-18,21-22,25-26,29-30,33-36,39-40,45-46,52-55,58-59H,19-20,23-24,27-28,31-32,74H2,1-16H3,(H,76,91)(H,77,92)(H,78,89)(H,79,90)/t39-,40+,45-,46+,52-,53+,54+,55-,58+,59-/m1/s1. The van der Waals surface area contributed by atoms with Gasteiger partial charge in [0.1, 0.15) is 77.5 Å². The molecule has 0 aromatic heterocycles. The van der Waals surface area contributed by atoms with Crippen LogP contribution in [-0.4, -0.2) is 226 Å². The van der Waals surface area contributed by atoms with E-state index in [1.165, 1.54) is 81.6 Å². The van der Waals surface area contributed by atoms with Crippen molar-refractivity contribution in [3.63, 3.8) is 0 Å². The number of fused-ring (bicyclic) bond motifs is 5. The number of nitrogens with two attached hydrogens (primary N) is 1. The van der Waals surface area contributed by atoms with Crippen LogP contribution in [0.4, 0.5) is 5.69 Å². The van der Waals surface area contributed by atoms with Gasteiger partial charge in [0.25, 0.3) is 11.8 Å². The summed E-state index contributed by atoms with van der Waals surface area (Å²) in [6.45, 7) is 17.8. The molecule has 3 aromatic carbocycles. The van der Waals surface area contributed by atoms with Crippen molar-refractivity contribution in [3.05, 3.63) is 86.6 Å². The number of aryl methyl sites for hydroxylation is 1. The zero-order chi connectivity index (χ0) is 75.8. The molecule has 6 N–H and O–H groups in total. The van der Waals surface area contributed by atoms with Gasteiger partial charge in [-0.25, -0.2) is 19.4 Å². The first kappa shape index (κ1) is 76.6. The van der Waals surface area contributed by atoms with Gasteiger partial charge in [0.05, 0.1) is 35.5 Å². The summed E-state index contributed by atoms with van der Waals surface area (Å²) in [5, 5.41) is 12.1. The second kappa shape index (κ2) is 31.0. The highest BCUT2D eigenvalue weighted by Crippen LogP contribution is 2.39. The number of esters is 3. The van der Waals surface area contributed by atoms with E-state index in [1.807, 2.05) is 12.1 Å². The molecule has 0 unspecified atom stereocenters. The first-order valence-electron chi connectivity index (χ1n) is 34.6. The van der Waals surface area contributed by atoms with Crippen LogP contribution in [0.15, 0.2) is 57.7 Å². The van der Waals surface area contributed by atoms with Gasteiger partial charge in [-0.2, -0.15) is 0 Å². The SMILES string of the molecule is Cc1c2oc3c(C)c(OC(=O)c4ccc5ccccc5c4)cc(C(=O)N[C@@H]4C(=O)N[C@H](C(C)C)C(=O)N5CCC[C@@H]5C(=O)N(C)CC(=O)N(C)[C@@H](C(C)C)C(=O)O[C@@H]4C)c3nc-2c(C(=O)N[C@H]2C(=O)N[C@@H](C(C)C)C(=O)N3CCC[C@H]3C(=O)N(C)CC(=O)N(C)[C@H](C(C)C)C(=O)O[C@H]2C)c(N)c1=O. The molecule has 30 heteroatoms. The van der Waals surface area contributed by atoms with Crippen LogP contribution in [0.1, 0.15) is 137 Å². The van der Waals surface area contributed by atoms with Crippen LogP contribution in [0, 0.1) is 37.5 Å². The number of likely N-dealkylation sites (N-methyl/N-ethyl adjacent to an activating group) is 4. The quantitative estimate of drug-likeness (QED) is 0.0580. The molecule has 30 nitrogen and oxygen atoms in total. The Morgan fingerprint density at radius 1 is 0.602 bits per heavy atom. The Bertz CT molecular complexity index is 4300. The molecule has 5 heterocycles. The summed E-state index contributed by atoms with van der Waals surface area (Å²) in [7, 11) is 5.52. The van der Waals surface area contributed by atoms with E-state index < -0.39 is 213 Å². The fourth-order valence-electron chi connectivity index (χ4n) is 13.9. The second-order valence-corrected chi connectivity index (χ2v) is 28.6. The van der Waals surface area contributed by atoms with E-state index in [4.69, 9.17) is 29.3 Å². The van der Waals surface area contributed by atoms with Gasteiger partial charge in [-0.05, 0) is 106 Å². The zero-order valence-electron chi connectivity index (χ0n) is 60.9. The molecule has 4 fully saturated rings. The summed E-state index contributed by atoms with van der Waals surface area (Å²) in [5.41, 5.74) is 2.19. The second-order valence-electron chi connectivity index (χ2n) is 28.6. The Balaban J connectivity index is 1.20. The van der Waals surface area contributed by atoms with E-state index in [0.717, 1.165) is 21.3 Å². The number of amides is 10. The van der Waals surface area contributed by atoms with Gasteiger partial charge in [-0.15, -0.1) is 0 Å². The van der Waals surface area contributed by atoms with Crippen molar-refractivity contribution >= 4 is 105 Å². The molecule has 0 radical (unpaired) electrons. The van der Waals surface area contributed by atoms with E-state index in [0.29, 0.717) is 18.2 Å².